The molecule has 0 amide bonds. The zero-order valence-electron chi connectivity index (χ0n) is 9.18. The van der Waals surface area contributed by atoms with Crippen LogP contribution < -0.4 is 4.90 Å². The molecule has 1 aliphatic rings. The first-order valence-corrected chi connectivity index (χ1v) is 6.72. The molecule has 0 aliphatic carbocycles. The number of pyridine rings is 1. The normalized spacial score (nSPS) is 17.4. The summed E-state index contributed by atoms with van der Waals surface area (Å²) in [6.45, 7) is 3.08. The van der Waals surface area contributed by atoms with Crippen LogP contribution in [0.25, 0.3) is 0 Å². The number of Topliss-reactive ketones (excluding diaryl/α,β-unsaturated/α-hetero) is 1. The Bertz CT molecular complexity index is 406. The van der Waals surface area contributed by atoms with Crippen LogP contribution in [0.15, 0.2) is 18.3 Å². The molecule has 2 rings (SSSR count). The molecule has 0 spiro atoms. The van der Waals surface area contributed by atoms with Gasteiger partial charge in [-0.3, -0.25) is 9.00 Å². The molecule has 5 heteroatoms. The number of rotatable bonds is 2. The molecule has 0 unspecified atom stereocenters. The van der Waals surface area contributed by atoms with E-state index in [1.807, 2.05) is 6.07 Å². The van der Waals surface area contributed by atoms with Gasteiger partial charge in [0.05, 0.1) is 0 Å². The molecule has 0 bridgehead atoms. The van der Waals surface area contributed by atoms with Gasteiger partial charge in [-0.2, -0.15) is 0 Å². The fourth-order valence-corrected chi connectivity index (χ4v) is 2.70. The van der Waals surface area contributed by atoms with E-state index < -0.39 is 10.8 Å². The van der Waals surface area contributed by atoms with Crippen LogP contribution in [0.1, 0.15) is 17.3 Å². The molecule has 0 aromatic carbocycles. The summed E-state index contributed by atoms with van der Waals surface area (Å²) in [7, 11) is -0.670. The number of aromatic nitrogens is 1. The van der Waals surface area contributed by atoms with Crippen LogP contribution in [0, 0.1) is 0 Å². The summed E-state index contributed by atoms with van der Waals surface area (Å²) in [6, 6.07) is 3.64. The van der Waals surface area contributed by atoms with Crippen LogP contribution in [-0.4, -0.2) is 39.6 Å². The maximum atomic E-state index is 11.2. The minimum atomic E-state index is -0.670. The molecule has 0 N–H and O–H groups in total. The van der Waals surface area contributed by atoms with Gasteiger partial charge in [-0.25, -0.2) is 4.98 Å². The van der Waals surface area contributed by atoms with Crippen molar-refractivity contribution in [1.82, 2.24) is 4.98 Å². The second-order valence-corrected chi connectivity index (χ2v) is 5.49. The Labute approximate surface area is 97.1 Å². The predicted molar refractivity (Wildman–Crippen MR) is 64.3 cm³/mol. The summed E-state index contributed by atoms with van der Waals surface area (Å²) in [5.41, 5.74) is 0.629. The minimum absolute atomic E-state index is 0.0267. The van der Waals surface area contributed by atoms with Crippen molar-refractivity contribution in [2.45, 2.75) is 6.92 Å². The summed E-state index contributed by atoms with van der Waals surface area (Å²) in [5, 5.41) is 0. The van der Waals surface area contributed by atoms with Crippen molar-refractivity contribution in [3.63, 3.8) is 0 Å². The van der Waals surface area contributed by atoms with Crippen LogP contribution in [-0.2, 0) is 10.8 Å². The molecular formula is C11H14N2O2S. The summed E-state index contributed by atoms with van der Waals surface area (Å²) < 4.78 is 11.2. The molecule has 86 valence electrons. The lowest BCUT2D eigenvalue weighted by Gasteiger charge is -2.27. The maximum Gasteiger partial charge on any atom is 0.161 e. The van der Waals surface area contributed by atoms with Gasteiger partial charge >= 0.3 is 0 Å². The van der Waals surface area contributed by atoms with Gasteiger partial charge in [0, 0.05) is 47.2 Å². The van der Waals surface area contributed by atoms with Crippen molar-refractivity contribution < 1.29 is 9.00 Å². The van der Waals surface area contributed by atoms with E-state index in [0.29, 0.717) is 17.1 Å². The monoisotopic (exact) mass is 238 g/mol. The maximum absolute atomic E-state index is 11.2. The van der Waals surface area contributed by atoms with Crippen molar-refractivity contribution in [2.75, 3.05) is 29.5 Å². The number of hydrogen-bond acceptors (Lipinski definition) is 4. The van der Waals surface area contributed by atoms with E-state index in [1.54, 1.807) is 12.3 Å². The molecule has 0 radical (unpaired) electrons. The fourth-order valence-electron chi connectivity index (χ4n) is 1.65. The van der Waals surface area contributed by atoms with Crippen LogP contribution in [0.5, 0.6) is 0 Å². The lowest BCUT2D eigenvalue weighted by molar-refractivity contribution is 0.101. The SMILES string of the molecule is CC(=O)c1ccc(N2CCS(=O)CC2)nc1. The average molecular weight is 238 g/mol. The standard InChI is InChI=1S/C11H14N2O2S/c1-9(14)10-2-3-11(12-8-10)13-4-6-16(15)7-5-13/h2-3,8H,4-7H2,1H3. The second-order valence-electron chi connectivity index (χ2n) is 3.80. The van der Waals surface area contributed by atoms with E-state index in [1.165, 1.54) is 6.92 Å². The highest BCUT2D eigenvalue weighted by Crippen LogP contribution is 2.13. The summed E-state index contributed by atoms with van der Waals surface area (Å²) in [5.74, 6) is 2.30. The number of nitrogens with zero attached hydrogens (tertiary/aromatic N) is 2. The number of carbonyl (C=O) groups is 1. The summed E-state index contributed by atoms with van der Waals surface area (Å²) in [4.78, 5) is 17.4. The first-order chi connectivity index (χ1) is 7.66. The lowest BCUT2D eigenvalue weighted by atomic mass is 10.2. The predicted octanol–water partition coefficient (Wildman–Crippen LogP) is 0.853. The molecule has 1 fully saturated rings. The Hall–Kier alpha value is -1.23. The van der Waals surface area contributed by atoms with Gasteiger partial charge in [-0.15, -0.1) is 0 Å². The van der Waals surface area contributed by atoms with Gasteiger partial charge in [-0.05, 0) is 19.1 Å². The molecule has 1 saturated heterocycles. The third-order valence-corrected chi connectivity index (χ3v) is 3.93. The Kier molecular flexibility index (Phi) is 3.33. The first kappa shape index (κ1) is 11.3. The molecular weight excluding hydrogens is 224 g/mol. The fraction of sp³-hybridized carbons (Fsp3) is 0.455. The lowest BCUT2D eigenvalue weighted by Crippen LogP contribution is -2.38. The van der Waals surface area contributed by atoms with E-state index in [2.05, 4.69) is 9.88 Å². The van der Waals surface area contributed by atoms with Gasteiger partial charge in [-0.1, -0.05) is 0 Å². The number of ketones is 1. The Balaban J connectivity index is 2.10. The quantitative estimate of drug-likeness (QED) is 0.717. The molecule has 0 atom stereocenters. The van der Waals surface area contributed by atoms with E-state index in [4.69, 9.17) is 0 Å². The van der Waals surface area contributed by atoms with Crippen molar-refractivity contribution in [3.8, 4) is 0 Å². The molecule has 4 nitrogen and oxygen atoms in total. The molecule has 1 aromatic rings. The highest BCUT2D eigenvalue weighted by molar-refractivity contribution is 7.85. The number of anilines is 1. The van der Waals surface area contributed by atoms with Crippen molar-refractivity contribution in [2.24, 2.45) is 0 Å². The molecule has 16 heavy (non-hydrogen) atoms. The van der Waals surface area contributed by atoms with Gasteiger partial charge in [0.1, 0.15) is 5.82 Å². The van der Waals surface area contributed by atoms with Crippen molar-refractivity contribution in [3.05, 3.63) is 23.9 Å². The molecule has 1 aliphatic heterocycles. The minimum Gasteiger partial charge on any atom is -0.355 e. The third-order valence-electron chi connectivity index (χ3n) is 2.66. The third kappa shape index (κ3) is 2.47. The van der Waals surface area contributed by atoms with Gasteiger partial charge < -0.3 is 4.90 Å². The van der Waals surface area contributed by atoms with Crippen LogP contribution in [0.2, 0.25) is 0 Å². The molecule has 1 aromatic heterocycles. The average Bonchev–Trinajstić information content (AvgIpc) is 2.30. The summed E-state index contributed by atoms with van der Waals surface area (Å²) in [6.07, 6.45) is 1.60. The van der Waals surface area contributed by atoms with Crippen LogP contribution in [0.4, 0.5) is 5.82 Å². The Morgan fingerprint density at radius 1 is 1.38 bits per heavy atom. The number of hydrogen-bond donors (Lipinski definition) is 0. The Morgan fingerprint density at radius 2 is 2.06 bits per heavy atom. The second kappa shape index (κ2) is 4.74. The Morgan fingerprint density at radius 3 is 2.56 bits per heavy atom. The van der Waals surface area contributed by atoms with Gasteiger partial charge in [0.15, 0.2) is 5.78 Å². The molecule has 0 saturated carbocycles. The van der Waals surface area contributed by atoms with Crippen LogP contribution in [0.3, 0.4) is 0 Å². The number of carbonyl (C=O) groups excluding carboxylic acids is 1. The highest BCUT2D eigenvalue weighted by Gasteiger charge is 2.16. The topological polar surface area (TPSA) is 50.3 Å². The smallest absolute Gasteiger partial charge is 0.161 e. The van der Waals surface area contributed by atoms with Crippen molar-refractivity contribution in [1.29, 1.82) is 0 Å². The molecule has 2 heterocycles. The first-order valence-electron chi connectivity index (χ1n) is 5.24. The summed E-state index contributed by atoms with van der Waals surface area (Å²) >= 11 is 0. The zero-order chi connectivity index (χ0) is 11.5. The van der Waals surface area contributed by atoms with E-state index in [-0.39, 0.29) is 5.78 Å². The van der Waals surface area contributed by atoms with Crippen molar-refractivity contribution >= 4 is 22.4 Å². The van der Waals surface area contributed by atoms with E-state index in [9.17, 15) is 9.00 Å². The van der Waals surface area contributed by atoms with E-state index >= 15 is 0 Å². The largest absolute Gasteiger partial charge is 0.355 e. The highest BCUT2D eigenvalue weighted by atomic mass is 32.2. The van der Waals surface area contributed by atoms with E-state index in [0.717, 1.165) is 18.9 Å². The van der Waals surface area contributed by atoms with Gasteiger partial charge in [0.25, 0.3) is 0 Å². The van der Waals surface area contributed by atoms with Crippen LogP contribution >= 0.6 is 0 Å². The van der Waals surface area contributed by atoms with Gasteiger partial charge in [0.2, 0.25) is 0 Å². The zero-order valence-corrected chi connectivity index (χ0v) is 10.00.